The minimum atomic E-state index is -0.720. The summed E-state index contributed by atoms with van der Waals surface area (Å²) in [5, 5.41) is 3.24. The van der Waals surface area contributed by atoms with Crippen molar-refractivity contribution in [3.05, 3.63) is 75.6 Å². The van der Waals surface area contributed by atoms with E-state index in [4.69, 9.17) is 4.74 Å². The van der Waals surface area contributed by atoms with Crippen LogP contribution in [0, 0.1) is 13.8 Å². The molecule has 0 aliphatic heterocycles. The van der Waals surface area contributed by atoms with Gasteiger partial charge >= 0.3 is 5.97 Å². The maximum Gasteiger partial charge on any atom is 0.339 e. The molecule has 1 amide bonds. The van der Waals surface area contributed by atoms with Crippen LogP contribution >= 0.6 is 0 Å². The smallest absolute Gasteiger partial charge is 0.339 e. The summed E-state index contributed by atoms with van der Waals surface area (Å²) in [5.74, 6) is -1.17. The lowest BCUT2D eigenvalue weighted by atomic mass is 10.1. The van der Waals surface area contributed by atoms with E-state index in [2.05, 4.69) is 10.3 Å². The molecule has 3 rings (SSSR count). The molecular formula is C20H18N2O4. The summed E-state index contributed by atoms with van der Waals surface area (Å²) >= 11 is 0. The second-order valence-electron chi connectivity index (χ2n) is 6.02. The van der Waals surface area contributed by atoms with Crippen molar-refractivity contribution in [3.8, 4) is 0 Å². The van der Waals surface area contributed by atoms with Gasteiger partial charge in [0, 0.05) is 22.7 Å². The van der Waals surface area contributed by atoms with Gasteiger partial charge in [0.2, 0.25) is 5.56 Å². The number of hydrogen-bond acceptors (Lipinski definition) is 4. The molecule has 0 aliphatic carbocycles. The van der Waals surface area contributed by atoms with Crippen molar-refractivity contribution in [3.63, 3.8) is 0 Å². The average molecular weight is 350 g/mol. The van der Waals surface area contributed by atoms with Gasteiger partial charge in [0.05, 0.1) is 5.56 Å². The predicted octanol–water partition coefficient (Wildman–Crippen LogP) is 2.94. The van der Waals surface area contributed by atoms with E-state index in [9.17, 15) is 14.4 Å². The van der Waals surface area contributed by atoms with Crippen LogP contribution in [0.5, 0.6) is 0 Å². The SMILES string of the molecule is Cc1ccc(NC(=O)COC(=O)c2cc(=O)[nH]c3ccccc23)cc1C. The molecule has 6 heteroatoms. The largest absolute Gasteiger partial charge is 0.452 e. The van der Waals surface area contributed by atoms with E-state index >= 15 is 0 Å². The van der Waals surface area contributed by atoms with E-state index in [1.165, 1.54) is 6.07 Å². The molecule has 0 aliphatic rings. The minimum Gasteiger partial charge on any atom is -0.452 e. The highest BCUT2D eigenvalue weighted by molar-refractivity contribution is 6.04. The van der Waals surface area contributed by atoms with Crippen LogP contribution in [0.3, 0.4) is 0 Å². The third-order valence-electron chi connectivity index (χ3n) is 4.10. The zero-order valence-corrected chi connectivity index (χ0v) is 14.5. The Bertz CT molecular complexity index is 1050. The van der Waals surface area contributed by atoms with Crippen LogP contribution in [0.1, 0.15) is 21.5 Å². The van der Waals surface area contributed by atoms with Crippen molar-refractivity contribution in [2.45, 2.75) is 13.8 Å². The first-order chi connectivity index (χ1) is 12.4. The first-order valence-electron chi connectivity index (χ1n) is 8.10. The second-order valence-corrected chi connectivity index (χ2v) is 6.02. The van der Waals surface area contributed by atoms with E-state index in [0.29, 0.717) is 16.6 Å². The van der Waals surface area contributed by atoms with Gasteiger partial charge in [-0.2, -0.15) is 0 Å². The number of rotatable bonds is 4. The van der Waals surface area contributed by atoms with Crippen molar-refractivity contribution in [2.24, 2.45) is 0 Å². The van der Waals surface area contributed by atoms with Gasteiger partial charge in [0.25, 0.3) is 5.91 Å². The Morgan fingerprint density at radius 3 is 2.58 bits per heavy atom. The van der Waals surface area contributed by atoms with Crippen LogP contribution in [-0.4, -0.2) is 23.5 Å². The Morgan fingerprint density at radius 1 is 1.04 bits per heavy atom. The molecule has 2 aromatic carbocycles. The van der Waals surface area contributed by atoms with Crippen molar-refractivity contribution in [1.29, 1.82) is 0 Å². The van der Waals surface area contributed by atoms with Crippen molar-refractivity contribution >= 4 is 28.5 Å². The molecule has 3 aromatic rings. The number of aromatic amines is 1. The Kier molecular flexibility index (Phi) is 4.84. The first kappa shape index (κ1) is 17.4. The summed E-state index contributed by atoms with van der Waals surface area (Å²) < 4.78 is 5.08. The summed E-state index contributed by atoms with van der Waals surface area (Å²) in [4.78, 5) is 38.7. The lowest BCUT2D eigenvalue weighted by molar-refractivity contribution is -0.119. The number of fused-ring (bicyclic) bond motifs is 1. The number of benzene rings is 2. The van der Waals surface area contributed by atoms with Gasteiger partial charge in [-0.3, -0.25) is 9.59 Å². The van der Waals surface area contributed by atoms with Crippen LogP contribution in [0.15, 0.2) is 53.3 Å². The van der Waals surface area contributed by atoms with E-state index in [1.54, 1.807) is 30.3 Å². The molecule has 6 nitrogen and oxygen atoms in total. The number of esters is 1. The summed E-state index contributed by atoms with van der Waals surface area (Å²) in [6, 6.07) is 13.6. The van der Waals surface area contributed by atoms with Crippen molar-refractivity contribution in [1.82, 2.24) is 4.98 Å². The number of pyridine rings is 1. The number of amides is 1. The van der Waals surface area contributed by atoms with Gasteiger partial charge in [-0.1, -0.05) is 24.3 Å². The maximum absolute atomic E-state index is 12.3. The molecule has 0 bridgehead atoms. The van der Waals surface area contributed by atoms with Gasteiger partial charge in [0.15, 0.2) is 6.61 Å². The van der Waals surface area contributed by atoms with Crippen LogP contribution in [0.2, 0.25) is 0 Å². The molecule has 1 aromatic heterocycles. The molecule has 0 unspecified atom stereocenters. The number of nitrogens with one attached hydrogen (secondary N) is 2. The quantitative estimate of drug-likeness (QED) is 0.708. The third kappa shape index (κ3) is 3.80. The maximum atomic E-state index is 12.3. The number of aryl methyl sites for hydroxylation is 2. The number of ether oxygens (including phenoxy) is 1. The van der Waals surface area contributed by atoms with E-state index in [1.807, 2.05) is 26.0 Å². The number of aromatic nitrogens is 1. The summed E-state index contributed by atoms with van der Waals surface area (Å²) in [7, 11) is 0. The van der Waals surface area contributed by atoms with Gasteiger partial charge in [-0.25, -0.2) is 4.79 Å². The second kappa shape index (κ2) is 7.23. The highest BCUT2D eigenvalue weighted by Crippen LogP contribution is 2.16. The summed E-state index contributed by atoms with van der Waals surface area (Å²) in [6.45, 7) is 3.49. The van der Waals surface area contributed by atoms with Gasteiger partial charge in [-0.05, 0) is 43.2 Å². The number of H-pyrrole nitrogens is 1. The first-order valence-corrected chi connectivity index (χ1v) is 8.10. The molecule has 0 radical (unpaired) electrons. The molecule has 0 atom stereocenters. The standard InChI is InChI=1S/C20H18N2O4/c1-12-7-8-14(9-13(12)2)21-19(24)11-26-20(25)16-10-18(23)22-17-6-4-3-5-15(16)17/h3-10H,11H2,1-2H3,(H,21,24)(H,22,23). The number of hydrogen-bond donors (Lipinski definition) is 2. The monoisotopic (exact) mass is 350 g/mol. The highest BCUT2D eigenvalue weighted by Gasteiger charge is 2.15. The highest BCUT2D eigenvalue weighted by atomic mass is 16.5. The molecule has 0 spiro atoms. The van der Waals surface area contributed by atoms with Gasteiger partial charge < -0.3 is 15.0 Å². The molecule has 26 heavy (non-hydrogen) atoms. The lowest BCUT2D eigenvalue weighted by Gasteiger charge is -2.09. The summed E-state index contributed by atoms with van der Waals surface area (Å²) in [6.07, 6.45) is 0. The normalized spacial score (nSPS) is 10.5. The fraction of sp³-hybridized carbons (Fsp3) is 0.150. The Morgan fingerprint density at radius 2 is 1.81 bits per heavy atom. The zero-order valence-electron chi connectivity index (χ0n) is 14.5. The molecule has 0 fully saturated rings. The predicted molar refractivity (Wildman–Crippen MR) is 99.4 cm³/mol. The zero-order chi connectivity index (χ0) is 18.7. The number of para-hydroxylation sites is 1. The lowest BCUT2D eigenvalue weighted by Crippen LogP contribution is -2.22. The number of carbonyl (C=O) groups is 2. The number of carbonyl (C=O) groups excluding carboxylic acids is 2. The molecule has 0 saturated heterocycles. The molecule has 132 valence electrons. The fourth-order valence-electron chi connectivity index (χ4n) is 2.60. The van der Waals surface area contributed by atoms with Crippen LogP contribution < -0.4 is 10.9 Å². The van der Waals surface area contributed by atoms with Gasteiger partial charge in [-0.15, -0.1) is 0 Å². The van der Waals surface area contributed by atoms with Crippen LogP contribution in [-0.2, 0) is 9.53 Å². The van der Waals surface area contributed by atoms with E-state index in [0.717, 1.165) is 11.1 Å². The van der Waals surface area contributed by atoms with E-state index in [-0.39, 0.29) is 5.56 Å². The third-order valence-corrected chi connectivity index (χ3v) is 4.10. The molecule has 0 saturated carbocycles. The van der Waals surface area contributed by atoms with Crippen LogP contribution in [0.25, 0.3) is 10.9 Å². The Labute approximate surface area is 149 Å². The minimum absolute atomic E-state index is 0.128. The van der Waals surface area contributed by atoms with Crippen molar-refractivity contribution in [2.75, 3.05) is 11.9 Å². The van der Waals surface area contributed by atoms with Crippen molar-refractivity contribution < 1.29 is 14.3 Å². The summed E-state index contributed by atoms with van der Waals surface area (Å²) in [5.41, 5.74) is 3.06. The van der Waals surface area contributed by atoms with Crippen LogP contribution in [0.4, 0.5) is 5.69 Å². The molecule has 2 N–H and O–H groups in total. The molecule has 1 heterocycles. The molecular weight excluding hydrogens is 332 g/mol. The Hall–Kier alpha value is -3.41. The fourth-order valence-corrected chi connectivity index (χ4v) is 2.60. The number of anilines is 1. The Balaban J connectivity index is 1.70. The topological polar surface area (TPSA) is 88.3 Å². The average Bonchev–Trinajstić information content (AvgIpc) is 2.62. The van der Waals surface area contributed by atoms with E-state index < -0.39 is 24.0 Å². The van der Waals surface area contributed by atoms with Gasteiger partial charge in [0.1, 0.15) is 0 Å².